The van der Waals surface area contributed by atoms with Crippen molar-refractivity contribution in [3.05, 3.63) is 58.0 Å². The molecule has 2 aromatic rings. The molecule has 2 aliphatic rings. The van der Waals surface area contributed by atoms with Crippen LogP contribution in [0.15, 0.2) is 28.7 Å². The normalized spacial score (nSPS) is 18.0. The van der Waals surface area contributed by atoms with Gasteiger partial charge in [0.25, 0.3) is 5.91 Å². The zero-order chi connectivity index (χ0) is 18.1. The topological polar surface area (TPSA) is 45.9 Å². The highest BCUT2D eigenvalue weighted by atomic mass is 16.5. The molecule has 5 nitrogen and oxygen atoms in total. The maximum absolute atomic E-state index is 13.0. The molecule has 0 radical (unpaired) electrons. The Morgan fingerprint density at radius 1 is 1.08 bits per heavy atom. The monoisotopic (exact) mass is 354 g/mol. The minimum Gasteiger partial charge on any atom is -0.465 e. The van der Waals surface area contributed by atoms with Crippen molar-refractivity contribution in [2.75, 3.05) is 32.8 Å². The summed E-state index contributed by atoms with van der Waals surface area (Å²) in [7, 11) is 0. The molecule has 5 heteroatoms. The van der Waals surface area contributed by atoms with E-state index in [1.165, 1.54) is 11.1 Å². The molecule has 1 aromatic carbocycles. The lowest BCUT2D eigenvalue weighted by Gasteiger charge is -2.29. The van der Waals surface area contributed by atoms with Gasteiger partial charge in [-0.05, 0) is 19.4 Å². The Labute approximate surface area is 154 Å². The van der Waals surface area contributed by atoms with Gasteiger partial charge in [-0.15, -0.1) is 0 Å². The van der Waals surface area contributed by atoms with E-state index in [9.17, 15) is 4.79 Å². The van der Waals surface area contributed by atoms with Gasteiger partial charge in [-0.25, -0.2) is 0 Å². The van der Waals surface area contributed by atoms with Gasteiger partial charge in [0.15, 0.2) is 0 Å². The second-order valence-electron chi connectivity index (χ2n) is 7.29. The number of benzene rings is 1. The number of amides is 1. The number of carbonyl (C=O) groups excluding carboxylic acids is 1. The number of fused-ring (bicyclic) bond motifs is 1. The van der Waals surface area contributed by atoms with Gasteiger partial charge in [-0.1, -0.05) is 29.8 Å². The number of hydrogen-bond donors (Lipinski definition) is 0. The van der Waals surface area contributed by atoms with Crippen LogP contribution in [-0.2, 0) is 24.2 Å². The maximum atomic E-state index is 13.0. The van der Waals surface area contributed by atoms with E-state index in [2.05, 4.69) is 36.1 Å². The summed E-state index contributed by atoms with van der Waals surface area (Å²) in [5.41, 5.74) is 4.44. The summed E-state index contributed by atoms with van der Waals surface area (Å²) in [6, 6.07) is 8.68. The third kappa shape index (κ3) is 3.41. The van der Waals surface area contributed by atoms with Gasteiger partial charge >= 0.3 is 0 Å². The van der Waals surface area contributed by atoms with E-state index in [-0.39, 0.29) is 5.91 Å². The van der Waals surface area contributed by atoms with Crippen molar-refractivity contribution in [2.45, 2.75) is 33.4 Å². The number of nitrogens with zero attached hydrogens (tertiary/aromatic N) is 2. The zero-order valence-electron chi connectivity index (χ0n) is 15.6. The molecule has 0 spiro atoms. The molecular weight excluding hydrogens is 328 g/mol. The minimum absolute atomic E-state index is 0.0907. The highest BCUT2D eigenvalue weighted by molar-refractivity contribution is 5.97. The summed E-state index contributed by atoms with van der Waals surface area (Å²) in [6.45, 7) is 9.19. The van der Waals surface area contributed by atoms with Gasteiger partial charge in [0.05, 0.1) is 18.8 Å². The molecule has 26 heavy (non-hydrogen) atoms. The molecule has 138 valence electrons. The number of aryl methyl sites for hydroxylation is 2. The van der Waals surface area contributed by atoms with Gasteiger partial charge in [0.2, 0.25) is 0 Å². The molecule has 0 atom stereocenters. The SMILES string of the molecule is Cc1ccc(CN2CCc3oc(C)c(C(=O)N4CCOCC4)c3C2)cc1. The average Bonchev–Trinajstić information content (AvgIpc) is 2.99. The number of hydrogen-bond acceptors (Lipinski definition) is 4. The molecule has 0 aliphatic carbocycles. The Morgan fingerprint density at radius 2 is 1.81 bits per heavy atom. The molecule has 2 aliphatic heterocycles. The molecule has 1 aromatic heterocycles. The quantitative estimate of drug-likeness (QED) is 0.850. The van der Waals surface area contributed by atoms with E-state index >= 15 is 0 Å². The fourth-order valence-corrected chi connectivity index (χ4v) is 3.87. The standard InChI is InChI=1S/C21H26N2O3/c1-15-3-5-17(6-4-15)13-22-8-7-19-18(14-22)20(16(2)26-19)21(24)23-9-11-25-12-10-23/h3-6H,7-14H2,1-2H3. The summed E-state index contributed by atoms with van der Waals surface area (Å²) in [4.78, 5) is 17.3. The van der Waals surface area contributed by atoms with Crippen molar-refractivity contribution in [3.63, 3.8) is 0 Å². The van der Waals surface area contributed by atoms with Crippen LogP contribution < -0.4 is 0 Å². The Hall–Kier alpha value is -2.11. The van der Waals surface area contributed by atoms with Crippen molar-refractivity contribution >= 4 is 5.91 Å². The fourth-order valence-electron chi connectivity index (χ4n) is 3.87. The first-order chi connectivity index (χ1) is 12.6. The van der Waals surface area contributed by atoms with Crippen molar-refractivity contribution in [3.8, 4) is 0 Å². The van der Waals surface area contributed by atoms with Crippen molar-refractivity contribution in [2.24, 2.45) is 0 Å². The van der Waals surface area contributed by atoms with Crippen molar-refractivity contribution < 1.29 is 13.9 Å². The molecule has 1 saturated heterocycles. The van der Waals surface area contributed by atoms with Crippen molar-refractivity contribution in [1.29, 1.82) is 0 Å². The van der Waals surface area contributed by atoms with Gasteiger partial charge in [0.1, 0.15) is 11.5 Å². The van der Waals surface area contributed by atoms with Crippen LogP contribution in [0.2, 0.25) is 0 Å². The Balaban J connectivity index is 1.54. The Bertz CT molecular complexity index is 788. The molecule has 0 bridgehead atoms. The van der Waals surface area contributed by atoms with Gasteiger partial charge in [0, 0.05) is 44.7 Å². The lowest BCUT2D eigenvalue weighted by Crippen LogP contribution is -2.41. The second-order valence-corrected chi connectivity index (χ2v) is 7.29. The van der Waals surface area contributed by atoms with Crippen LogP contribution in [0.25, 0.3) is 0 Å². The first-order valence-electron chi connectivity index (χ1n) is 9.38. The summed E-state index contributed by atoms with van der Waals surface area (Å²) in [5.74, 6) is 1.83. The van der Waals surface area contributed by atoms with Crippen LogP contribution in [0.3, 0.4) is 0 Å². The molecule has 4 rings (SSSR count). The lowest BCUT2D eigenvalue weighted by atomic mass is 10.0. The number of carbonyl (C=O) groups is 1. The number of ether oxygens (including phenoxy) is 1. The first kappa shape index (κ1) is 17.3. The second kappa shape index (κ2) is 7.25. The van der Waals surface area contributed by atoms with E-state index in [1.54, 1.807) is 0 Å². The third-order valence-electron chi connectivity index (χ3n) is 5.34. The number of furan rings is 1. The highest BCUT2D eigenvalue weighted by Gasteiger charge is 2.31. The summed E-state index contributed by atoms with van der Waals surface area (Å²) >= 11 is 0. The van der Waals surface area contributed by atoms with Crippen LogP contribution in [-0.4, -0.2) is 48.6 Å². The summed E-state index contributed by atoms with van der Waals surface area (Å²) < 4.78 is 11.3. The van der Waals surface area contributed by atoms with Gasteiger partial charge in [-0.3, -0.25) is 9.69 Å². The Kier molecular flexibility index (Phi) is 4.83. The molecule has 0 N–H and O–H groups in total. The summed E-state index contributed by atoms with van der Waals surface area (Å²) in [5, 5.41) is 0. The number of morpholine rings is 1. The smallest absolute Gasteiger partial charge is 0.257 e. The van der Waals surface area contributed by atoms with E-state index in [0.717, 1.165) is 48.7 Å². The predicted octanol–water partition coefficient (Wildman–Crippen LogP) is 2.93. The molecule has 1 amide bonds. The fraction of sp³-hybridized carbons (Fsp3) is 0.476. The summed E-state index contributed by atoms with van der Waals surface area (Å²) in [6.07, 6.45) is 0.860. The van der Waals surface area contributed by atoms with Crippen LogP contribution in [0.1, 0.15) is 38.6 Å². The predicted molar refractivity (Wildman–Crippen MR) is 99.2 cm³/mol. The Morgan fingerprint density at radius 3 is 2.54 bits per heavy atom. The molecular formula is C21H26N2O3. The van der Waals surface area contributed by atoms with Crippen LogP contribution in [0.4, 0.5) is 0 Å². The average molecular weight is 354 g/mol. The van der Waals surface area contributed by atoms with E-state index < -0.39 is 0 Å². The zero-order valence-corrected chi connectivity index (χ0v) is 15.6. The van der Waals surface area contributed by atoms with Crippen molar-refractivity contribution in [1.82, 2.24) is 9.80 Å². The molecule has 1 fully saturated rings. The van der Waals surface area contributed by atoms with E-state index in [4.69, 9.17) is 9.15 Å². The molecule has 0 unspecified atom stereocenters. The van der Waals surface area contributed by atoms with Crippen LogP contribution in [0, 0.1) is 13.8 Å². The van der Waals surface area contributed by atoms with Crippen LogP contribution in [0.5, 0.6) is 0 Å². The molecule has 0 saturated carbocycles. The molecule has 3 heterocycles. The largest absolute Gasteiger partial charge is 0.465 e. The van der Waals surface area contributed by atoms with Gasteiger partial charge in [-0.2, -0.15) is 0 Å². The maximum Gasteiger partial charge on any atom is 0.257 e. The van der Waals surface area contributed by atoms with Crippen LogP contribution >= 0.6 is 0 Å². The third-order valence-corrected chi connectivity index (χ3v) is 5.34. The van der Waals surface area contributed by atoms with E-state index in [0.29, 0.717) is 26.3 Å². The number of rotatable bonds is 3. The van der Waals surface area contributed by atoms with Gasteiger partial charge < -0.3 is 14.1 Å². The highest BCUT2D eigenvalue weighted by Crippen LogP contribution is 2.30. The lowest BCUT2D eigenvalue weighted by molar-refractivity contribution is 0.0300. The first-order valence-corrected chi connectivity index (χ1v) is 9.38. The minimum atomic E-state index is 0.0907. The van der Waals surface area contributed by atoms with E-state index in [1.807, 2.05) is 11.8 Å².